The second kappa shape index (κ2) is 12.6. The largest absolute Gasteiger partial charge is 0.646 e. The van der Waals surface area contributed by atoms with Crippen molar-refractivity contribution >= 4 is 0 Å². The van der Waals surface area contributed by atoms with Crippen LogP contribution in [0.3, 0.4) is 0 Å². The molecule has 1 fully saturated rings. The number of nitrogens with one attached hydrogen (secondary N) is 1. The molecule has 5 nitrogen and oxygen atoms in total. The Morgan fingerprint density at radius 2 is 1.38 bits per heavy atom. The number of hydrogen-bond donors (Lipinski definition) is 1. The SMILES string of the molecule is CCCCCCCCCCCC[NH+]1C=CC(=C([O])[N-]C2CC(C)(C)[N+](=O)C(C)(C)C2)C=C1. The molecule has 2 heterocycles. The van der Waals surface area contributed by atoms with Crippen LogP contribution >= 0.6 is 0 Å². The van der Waals surface area contributed by atoms with Crippen molar-refractivity contribution in [2.24, 2.45) is 0 Å². The van der Waals surface area contributed by atoms with E-state index in [0.717, 1.165) is 6.54 Å². The van der Waals surface area contributed by atoms with E-state index in [9.17, 15) is 10.0 Å². The van der Waals surface area contributed by atoms with Gasteiger partial charge in [0.25, 0.3) is 0 Å². The van der Waals surface area contributed by atoms with Gasteiger partial charge in [0, 0.05) is 67.9 Å². The van der Waals surface area contributed by atoms with Gasteiger partial charge in [-0.1, -0.05) is 58.3 Å². The van der Waals surface area contributed by atoms with Gasteiger partial charge in [0.2, 0.25) is 11.1 Å². The molecule has 2 rings (SSSR count). The van der Waals surface area contributed by atoms with E-state index in [1.54, 1.807) is 0 Å². The zero-order valence-corrected chi connectivity index (χ0v) is 21.3. The third-order valence-corrected chi connectivity index (χ3v) is 6.89. The molecule has 0 aliphatic carbocycles. The Hall–Kier alpha value is -1.62. The van der Waals surface area contributed by atoms with Gasteiger partial charge >= 0.3 is 0 Å². The fraction of sp³-hybridized carbons (Fsp3) is 0.778. The summed E-state index contributed by atoms with van der Waals surface area (Å²) in [6.07, 6.45) is 22.7. The Balaban J connectivity index is 1.68. The first kappa shape index (κ1) is 26.6. The molecule has 1 saturated heterocycles. The Morgan fingerprint density at radius 3 is 1.88 bits per heavy atom. The molecule has 2 aliphatic rings. The maximum Gasteiger partial charge on any atom is 0.204 e. The van der Waals surface area contributed by atoms with Gasteiger partial charge in [-0.15, -0.1) is 6.04 Å². The molecule has 1 N–H and O–H groups in total. The molecule has 5 heteroatoms. The summed E-state index contributed by atoms with van der Waals surface area (Å²) < 4.78 is 1.18. The maximum atomic E-state index is 12.7. The third kappa shape index (κ3) is 8.38. The highest BCUT2D eigenvalue weighted by Crippen LogP contribution is 2.38. The average Bonchev–Trinajstić information content (AvgIpc) is 2.73. The first-order chi connectivity index (χ1) is 15.2. The van der Waals surface area contributed by atoms with E-state index in [-0.39, 0.29) is 11.9 Å². The van der Waals surface area contributed by atoms with Gasteiger partial charge in [-0.05, 0) is 12.8 Å². The van der Waals surface area contributed by atoms with Crippen molar-refractivity contribution in [2.75, 3.05) is 6.54 Å². The van der Waals surface area contributed by atoms with Crippen LogP contribution in [-0.2, 0) is 5.11 Å². The summed E-state index contributed by atoms with van der Waals surface area (Å²) in [6, 6.07) is -0.107. The number of hydrogen-bond acceptors (Lipinski definition) is 1. The highest BCUT2D eigenvalue weighted by molar-refractivity contribution is 5.38. The van der Waals surface area contributed by atoms with Crippen molar-refractivity contribution < 1.29 is 14.8 Å². The van der Waals surface area contributed by atoms with E-state index < -0.39 is 11.1 Å². The van der Waals surface area contributed by atoms with Gasteiger partial charge in [-0.25, -0.2) is 0 Å². The van der Waals surface area contributed by atoms with Crippen LogP contribution in [0.25, 0.3) is 5.32 Å². The number of nitrogens with zero attached hydrogens (tertiary/aromatic N) is 2. The fourth-order valence-electron chi connectivity index (χ4n) is 5.17. The molecular formula is C27H47N3O2+. The lowest BCUT2D eigenvalue weighted by Gasteiger charge is -2.43. The summed E-state index contributed by atoms with van der Waals surface area (Å²) in [5, 5.41) is 17.2. The van der Waals surface area contributed by atoms with Crippen LogP contribution in [0.1, 0.15) is 112 Å². The summed E-state index contributed by atoms with van der Waals surface area (Å²) in [5.74, 6) is -0.161. The van der Waals surface area contributed by atoms with E-state index >= 15 is 0 Å². The fourth-order valence-corrected chi connectivity index (χ4v) is 5.17. The monoisotopic (exact) mass is 445 g/mol. The van der Waals surface area contributed by atoms with E-state index in [4.69, 9.17) is 0 Å². The van der Waals surface area contributed by atoms with Crippen molar-refractivity contribution in [3.8, 4) is 0 Å². The minimum Gasteiger partial charge on any atom is -0.646 e. The predicted octanol–water partition coefficient (Wildman–Crippen LogP) is 6.35. The molecular weight excluding hydrogens is 398 g/mol. The van der Waals surface area contributed by atoms with E-state index in [1.165, 1.54) is 73.9 Å². The molecule has 1 radical (unpaired) electrons. The second-order valence-electron chi connectivity index (χ2n) is 11.0. The molecule has 0 aromatic carbocycles. The predicted molar refractivity (Wildman–Crippen MR) is 132 cm³/mol. The van der Waals surface area contributed by atoms with Gasteiger partial charge in [-0.3, -0.25) is 4.90 Å². The summed E-state index contributed by atoms with van der Waals surface area (Å²) in [6.45, 7) is 11.1. The van der Waals surface area contributed by atoms with Crippen molar-refractivity contribution in [2.45, 2.75) is 129 Å². The Labute approximate surface area is 196 Å². The van der Waals surface area contributed by atoms with Gasteiger partial charge in [0.05, 0.1) is 24.8 Å². The standard InChI is InChI=1S/C27H46N3O2/c1-6-7-8-9-10-11-12-13-14-15-18-29-19-16-23(17-20-29)25(31)28-24-21-26(2,3)30(32)27(4,5)22-24/h16-17,19-20,24H,6-15,18,21-22H2,1-5H3/p+1. The minimum absolute atomic E-state index is 0.107. The number of rotatable bonds is 13. The summed E-state index contributed by atoms with van der Waals surface area (Å²) in [7, 11) is 0. The summed E-state index contributed by atoms with van der Waals surface area (Å²) in [4.78, 5) is 13.8. The lowest BCUT2D eigenvalue weighted by Crippen LogP contribution is -3.03. The summed E-state index contributed by atoms with van der Waals surface area (Å²) >= 11 is 0. The van der Waals surface area contributed by atoms with Gasteiger partial charge in [0.15, 0.2) is 0 Å². The maximum absolute atomic E-state index is 12.7. The lowest BCUT2D eigenvalue weighted by atomic mass is 9.79. The van der Waals surface area contributed by atoms with E-state index in [0.29, 0.717) is 18.4 Å². The Bertz CT molecular complexity index is 655. The average molecular weight is 446 g/mol. The first-order valence-electron chi connectivity index (χ1n) is 13.0. The van der Waals surface area contributed by atoms with Gasteiger partial charge in [-0.2, -0.15) is 0 Å². The molecule has 2 aliphatic heterocycles. The molecule has 181 valence electrons. The molecule has 0 bridgehead atoms. The Morgan fingerprint density at radius 1 is 0.906 bits per heavy atom. The van der Waals surface area contributed by atoms with Crippen LogP contribution in [-0.4, -0.2) is 28.4 Å². The number of allylic oxidation sites excluding steroid dienone is 3. The van der Waals surface area contributed by atoms with Gasteiger partial charge in [0.1, 0.15) is 0 Å². The zero-order chi connectivity index (χ0) is 23.6. The molecule has 0 spiro atoms. The molecule has 0 unspecified atom stereocenters. The number of nitroso groups, excluding NO2 is 1. The van der Waals surface area contributed by atoms with Crippen molar-refractivity contribution in [3.63, 3.8) is 0 Å². The van der Waals surface area contributed by atoms with Crippen LogP contribution in [0.5, 0.6) is 0 Å². The number of quaternary nitrogens is 1. The zero-order valence-electron chi connectivity index (χ0n) is 21.3. The van der Waals surface area contributed by atoms with Crippen LogP contribution in [0.4, 0.5) is 0 Å². The first-order valence-corrected chi connectivity index (χ1v) is 13.0. The van der Waals surface area contributed by atoms with Crippen molar-refractivity contribution in [1.29, 1.82) is 0 Å². The van der Waals surface area contributed by atoms with Crippen molar-refractivity contribution in [1.82, 2.24) is 0 Å². The molecule has 0 aromatic heterocycles. The third-order valence-electron chi connectivity index (χ3n) is 6.89. The smallest absolute Gasteiger partial charge is 0.204 e. The van der Waals surface area contributed by atoms with Gasteiger partial charge < -0.3 is 10.4 Å². The summed E-state index contributed by atoms with van der Waals surface area (Å²) in [5.41, 5.74) is -0.360. The second-order valence-corrected chi connectivity index (χ2v) is 11.0. The van der Waals surface area contributed by atoms with Crippen LogP contribution in [0.15, 0.2) is 36.0 Å². The van der Waals surface area contributed by atoms with E-state index in [2.05, 4.69) is 24.6 Å². The van der Waals surface area contributed by atoms with Crippen LogP contribution in [0, 0.1) is 4.91 Å². The molecule has 32 heavy (non-hydrogen) atoms. The topological polar surface area (TPSA) is 58.5 Å². The quantitative estimate of drug-likeness (QED) is 0.200. The van der Waals surface area contributed by atoms with Crippen LogP contribution < -0.4 is 4.90 Å². The Kier molecular flexibility index (Phi) is 10.5. The lowest BCUT2D eigenvalue weighted by molar-refractivity contribution is -0.791. The molecule has 0 amide bonds. The normalized spacial score (nSPS) is 22.3. The molecule has 0 atom stereocenters. The van der Waals surface area contributed by atoms with E-state index in [1.807, 2.05) is 39.8 Å². The minimum atomic E-state index is -0.505. The number of piperidine rings is 1. The molecule has 0 aromatic rings. The van der Waals surface area contributed by atoms with Crippen LogP contribution in [0.2, 0.25) is 0 Å². The van der Waals surface area contributed by atoms with Crippen molar-refractivity contribution in [3.05, 3.63) is 46.2 Å². The number of unbranched alkanes of at least 4 members (excludes halogenated alkanes) is 9. The highest BCUT2D eigenvalue weighted by atomic mass is 16.3. The highest BCUT2D eigenvalue weighted by Gasteiger charge is 2.51. The molecule has 0 saturated carbocycles.